The Hall–Kier alpha value is -0.200. The van der Waals surface area contributed by atoms with Gasteiger partial charge in [-0.3, -0.25) is 4.90 Å². The summed E-state index contributed by atoms with van der Waals surface area (Å²) in [6.45, 7) is 5.61. The summed E-state index contributed by atoms with van der Waals surface area (Å²) in [5, 5.41) is 9.85. The Kier molecular flexibility index (Phi) is 4.98. The molecule has 0 amide bonds. The van der Waals surface area contributed by atoms with E-state index in [0.29, 0.717) is 12.1 Å². The van der Waals surface area contributed by atoms with Crippen LogP contribution >= 0.6 is 0 Å². The molecule has 0 aromatic carbocycles. The first kappa shape index (κ1) is 14.2. The van der Waals surface area contributed by atoms with E-state index in [1.165, 1.54) is 0 Å². The Labute approximate surface area is 110 Å². The van der Waals surface area contributed by atoms with E-state index < -0.39 is 0 Å². The summed E-state index contributed by atoms with van der Waals surface area (Å²) >= 11 is 0. The van der Waals surface area contributed by atoms with E-state index in [4.69, 9.17) is 4.74 Å². The number of morpholine rings is 1. The number of hydrogen-bond donors (Lipinski definition) is 1. The summed E-state index contributed by atoms with van der Waals surface area (Å²) in [5.41, 5.74) is 0. The molecule has 5 heteroatoms. The van der Waals surface area contributed by atoms with Crippen molar-refractivity contribution in [3.63, 3.8) is 0 Å². The third-order valence-electron chi connectivity index (χ3n) is 3.86. The van der Waals surface area contributed by atoms with E-state index >= 15 is 0 Å². The van der Waals surface area contributed by atoms with Crippen molar-refractivity contribution >= 4 is 0 Å². The molecule has 18 heavy (non-hydrogen) atoms. The summed E-state index contributed by atoms with van der Waals surface area (Å²) in [7, 11) is 6.33. The van der Waals surface area contributed by atoms with Crippen LogP contribution < -0.4 is 0 Å². The molecule has 0 radical (unpaired) electrons. The normalized spacial score (nSPS) is 35.5. The number of aliphatic hydroxyl groups excluding tert-OH is 1. The van der Waals surface area contributed by atoms with Crippen molar-refractivity contribution < 1.29 is 9.84 Å². The second-order valence-electron chi connectivity index (χ2n) is 6.01. The molecule has 2 saturated heterocycles. The first-order valence-corrected chi connectivity index (χ1v) is 6.91. The SMILES string of the molecule is CN(C)CC1CC(O)CN1CC1CN(C)CCO1. The van der Waals surface area contributed by atoms with Crippen LogP contribution in [0.15, 0.2) is 0 Å². The van der Waals surface area contributed by atoms with Gasteiger partial charge in [0.2, 0.25) is 0 Å². The Morgan fingerprint density at radius 1 is 1.33 bits per heavy atom. The van der Waals surface area contributed by atoms with Crippen LogP contribution in [0.25, 0.3) is 0 Å². The minimum absolute atomic E-state index is 0.170. The quantitative estimate of drug-likeness (QED) is 0.722. The fourth-order valence-corrected chi connectivity index (χ4v) is 3.03. The molecular weight excluding hydrogens is 230 g/mol. The van der Waals surface area contributed by atoms with Crippen molar-refractivity contribution in [2.45, 2.75) is 24.7 Å². The smallest absolute Gasteiger partial charge is 0.0829 e. The van der Waals surface area contributed by atoms with Crippen LogP contribution in [0.3, 0.4) is 0 Å². The van der Waals surface area contributed by atoms with Gasteiger partial charge in [0.25, 0.3) is 0 Å². The third-order valence-corrected chi connectivity index (χ3v) is 3.86. The second kappa shape index (κ2) is 6.30. The fourth-order valence-electron chi connectivity index (χ4n) is 3.03. The van der Waals surface area contributed by atoms with Crippen LogP contribution in [0.5, 0.6) is 0 Å². The zero-order valence-electron chi connectivity index (χ0n) is 11.9. The Balaban J connectivity index is 1.85. The Morgan fingerprint density at radius 2 is 2.11 bits per heavy atom. The van der Waals surface area contributed by atoms with Crippen molar-refractivity contribution in [1.82, 2.24) is 14.7 Å². The second-order valence-corrected chi connectivity index (χ2v) is 6.01. The zero-order chi connectivity index (χ0) is 13.1. The molecule has 0 saturated carbocycles. The van der Waals surface area contributed by atoms with Gasteiger partial charge in [0.15, 0.2) is 0 Å². The predicted molar refractivity (Wildman–Crippen MR) is 71.8 cm³/mol. The standard InChI is InChI=1S/C13H27N3O2/c1-14(2)7-11-6-12(17)8-16(11)10-13-9-15(3)4-5-18-13/h11-13,17H,4-10H2,1-3H3. The molecule has 2 aliphatic rings. The molecule has 2 heterocycles. The molecular formula is C13H27N3O2. The van der Waals surface area contributed by atoms with Gasteiger partial charge in [-0.2, -0.15) is 0 Å². The molecule has 1 N–H and O–H groups in total. The van der Waals surface area contributed by atoms with Crippen LogP contribution in [-0.4, -0.2) is 98.5 Å². The molecule has 0 aliphatic carbocycles. The first-order chi connectivity index (χ1) is 8.54. The number of likely N-dealkylation sites (N-methyl/N-ethyl adjacent to an activating group) is 2. The van der Waals surface area contributed by atoms with Gasteiger partial charge in [-0.25, -0.2) is 0 Å². The van der Waals surface area contributed by atoms with Crippen molar-refractivity contribution in [3.05, 3.63) is 0 Å². The monoisotopic (exact) mass is 257 g/mol. The minimum atomic E-state index is -0.170. The molecule has 2 aliphatic heterocycles. The van der Waals surface area contributed by atoms with Gasteiger partial charge in [0.05, 0.1) is 18.8 Å². The van der Waals surface area contributed by atoms with E-state index in [0.717, 1.165) is 45.8 Å². The van der Waals surface area contributed by atoms with Gasteiger partial charge in [0.1, 0.15) is 0 Å². The highest BCUT2D eigenvalue weighted by Gasteiger charge is 2.33. The number of ether oxygens (including phenoxy) is 1. The van der Waals surface area contributed by atoms with Gasteiger partial charge in [0, 0.05) is 38.8 Å². The Bertz CT molecular complexity index is 263. The molecule has 0 aromatic rings. The van der Waals surface area contributed by atoms with Crippen LogP contribution in [-0.2, 0) is 4.74 Å². The lowest BCUT2D eigenvalue weighted by atomic mass is 10.2. The molecule has 0 spiro atoms. The van der Waals surface area contributed by atoms with Crippen LogP contribution in [0, 0.1) is 0 Å². The van der Waals surface area contributed by atoms with Gasteiger partial charge in [-0.1, -0.05) is 0 Å². The molecule has 2 fully saturated rings. The van der Waals surface area contributed by atoms with Crippen LogP contribution in [0.1, 0.15) is 6.42 Å². The summed E-state index contributed by atoms with van der Waals surface area (Å²) in [6, 6.07) is 0.464. The highest BCUT2D eigenvalue weighted by Crippen LogP contribution is 2.20. The van der Waals surface area contributed by atoms with Crippen molar-refractivity contribution in [3.8, 4) is 0 Å². The maximum Gasteiger partial charge on any atom is 0.0829 e. The molecule has 2 rings (SSSR count). The lowest BCUT2D eigenvalue weighted by Gasteiger charge is -2.35. The lowest BCUT2D eigenvalue weighted by Crippen LogP contribution is -2.48. The molecule has 0 aromatic heterocycles. The first-order valence-electron chi connectivity index (χ1n) is 6.91. The number of rotatable bonds is 4. The third kappa shape index (κ3) is 3.90. The van der Waals surface area contributed by atoms with Crippen LogP contribution in [0.4, 0.5) is 0 Å². The number of β-amino-alcohol motifs (C(OH)–C–C–N with tert-alkyl or cyclic N) is 1. The fraction of sp³-hybridized carbons (Fsp3) is 1.00. The van der Waals surface area contributed by atoms with Crippen molar-refractivity contribution in [2.24, 2.45) is 0 Å². The topological polar surface area (TPSA) is 39.2 Å². The van der Waals surface area contributed by atoms with E-state index in [1.807, 2.05) is 0 Å². The van der Waals surface area contributed by atoms with Gasteiger partial charge < -0.3 is 19.6 Å². The highest BCUT2D eigenvalue weighted by atomic mass is 16.5. The van der Waals surface area contributed by atoms with E-state index in [9.17, 15) is 5.11 Å². The van der Waals surface area contributed by atoms with Crippen LogP contribution in [0.2, 0.25) is 0 Å². The van der Waals surface area contributed by atoms with Gasteiger partial charge in [-0.05, 0) is 27.6 Å². The molecule has 106 valence electrons. The van der Waals surface area contributed by atoms with Gasteiger partial charge >= 0.3 is 0 Å². The van der Waals surface area contributed by atoms with E-state index in [-0.39, 0.29) is 6.10 Å². The number of nitrogens with zero attached hydrogens (tertiary/aromatic N) is 3. The zero-order valence-corrected chi connectivity index (χ0v) is 11.9. The summed E-state index contributed by atoms with van der Waals surface area (Å²) < 4.78 is 5.82. The molecule has 3 atom stereocenters. The molecule has 3 unspecified atom stereocenters. The summed E-state index contributed by atoms with van der Waals surface area (Å²) in [4.78, 5) is 6.92. The number of aliphatic hydroxyl groups is 1. The average molecular weight is 257 g/mol. The Morgan fingerprint density at radius 3 is 2.78 bits per heavy atom. The summed E-state index contributed by atoms with van der Waals surface area (Å²) in [6.07, 6.45) is 1.01. The molecule has 5 nitrogen and oxygen atoms in total. The summed E-state index contributed by atoms with van der Waals surface area (Å²) in [5.74, 6) is 0. The number of hydrogen-bond acceptors (Lipinski definition) is 5. The van der Waals surface area contributed by atoms with E-state index in [1.54, 1.807) is 0 Å². The van der Waals surface area contributed by atoms with E-state index in [2.05, 4.69) is 35.8 Å². The van der Waals surface area contributed by atoms with Crippen molar-refractivity contribution in [2.75, 3.05) is 60.5 Å². The highest BCUT2D eigenvalue weighted by molar-refractivity contribution is 4.88. The predicted octanol–water partition coefficient (Wildman–Crippen LogP) is -0.686. The lowest BCUT2D eigenvalue weighted by molar-refractivity contribution is -0.0389. The van der Waals surface area contributed by atoms with Crippen molar-refractivity contribution in [1.29, 1.82) is 0 Å². The van der Waals surface area contributed by atoms with Gasteiger partial charge in [-0.15, -0.1) is 0 Å². The molecule has 0 bridgehead atoms. The largest absolute Gasteiger partial charge is 0.392 e. The maximum atomic E-state index is 9.85. The minimum Gasteiger partial charge on any atom is -0.392 e. The maximum absolute atomic E-state index is 9.85. The number of likely N-dealkylation sites (tertiary alicyclic amines) is 1. The average Bonchev–Trinajstić information content (AvgIpc) is 2.58.